The quantitative estimate of drug-likeness (QED) is 0.865. The highest BCUT2D eigenvalue weighted by molar-refractivity contribution is 4.94. The van der Waals surface area contributed by atoms with Crippen LogP contribution in [-0.2, 0) is 6.42 Å². The highest BCUT2D eigenvalue weighted by Gasteiger charge is 2.23. The second kappa shape index (κ2) is 6.29. The van der Waals surface area contributed by atoms with Gasteiger partial charge in [0.05, 0.1) is 6.04 Å². The first-order valence-electron chi connectivity index (χ1n) is 6.98. The number of hydrogen-bond donors (Lipinski definition) is 1. The molecule has 0 radical (unpaired) electrons. The van der Waals surface area contributed by atoms with Gasteiger partial charge in [-0.3, -0.25) is 0 Å². The summed E-state index contributed by atoms with van der Waals surface area (Å²) >= 11 is 0. The molecule has 1 aromatic heterocycles. The van der Waals surface area contributed by atoms with E-state index in [1.54, 1.807) is 0 Å². The molecule has 102 valence electrons. The predicted octanol–water partition coefficient (Wildman–Crippen LogP) is 1.77. The van der Waals surface area contributed by atoms with Crippen molar-refractivity contribution in [3.8, 4) is 0 Å². The summed E-state index contributed by atoms with van der Waals surface area (Å²) in [6.45, 7) is 6.57. The maximum atomic E-state index is 5.36. The molecular weight excluding hydrogens is 228 g/mol. The number of likely N-dealkylation sites (N-methyl/N-ethyl adjacent to an activating group) is 1. The zero-order chi connectivity index (χ0) is 13.0. The Morgan fingerprint density at radius 1 is 1.50 bits per heavy atom. The third-order valence-electron chi connectivity index (χ3n) is 3.87. The van der Waals surface area contributed by atoms with Crippen molar-refractivity contribution >= 4 is 0 Å². The summed E-state index contributed by atoms with van der Waals surface area (Å²) in [6, 6.07) is 0.720. The summed E-state index contributed by atoms with van der Waals surface area (Å²) in [5.74, 6) is 1.53. The van der Waals surface area contributed by atoms with Gasteiger partial charge in [-0.05, 0) is 39.9 Å². The Labute approximate surface area is 109 Å². The lowest BCUT2D eigenvalue weighted by Crippen LogP contribution is -2.40. The van der Waals surface area contributed by atoms with E-state index in [0.29, 0.717) is 6.04 Å². The Kier molecular flexibility index (Phi) is 4.72. The SMILES string of the molecule is CCN1CCCCC1Cc1nc(C(C)NC)no1. The third kappa shape index (κ3) is 3.09. The maximum Gasteiger partial charge on any atom is 0.228 e. The summed E-state index contributed by atoms with van der Waals surface area (Å²) in [5.41, 5.74) is 0. The second-order valence-corrected chi connectivity index (χ2v) is 5.04. The van der Waals surface area contributed by atoms with E-state index < -0.39 is 0 Å². The van der Waals surface area contributed by atoms with Crippen molar-refractivity contribution in [1.82, 2.24) is 20.4 Å². The topological polar surface area (TPSA) is 54.2 Å². The lowest BCUT2D eigenvalue weighted by molar-refractivity contribution is 0.146. The number of nitrogens with one attached hydrogen (secondary N) is 1. The summed E-state index contributed by atoms with van der Waals surface area (Å²) in [4.78, 5) is 7.00. The number of hydrogen-bond acceptors (Lipinski definition) is 5. The average molecular weight is 252 g/mol. The predicted molar refractivity (Wildman–Crippen MR) is 70.4 cm³/mol. The van der Waals surface area contributed by atoms with E-state index in [9.17, 15) is 0 Å². The average Bonchev–Trinajstić information content (AvgIpc) is 2.87. The smallest absolute Gasteiger partial charge is 0.228 e. The molecule has 0 spiro atoms. The first-order chi connectivity index (χ1) is 8.74. The summed E-state index contributed by atoms with van der Waals surface area (Å²) < 4.78 is 5.36. The molecule has 1 aliphatic rings. The van der Waals surface area contributed by atoms with Gasteiger partial charge in [-0.1, -0.05) is 18.5 Å². The Hall–Kier alpha value is -0.940. The van der Waals surface area contributed by atoms with Crippen LogP contribution in [0.15, 0.2) is 4.52 Å². The number of rotatable bonds is 5. The summed E-state index contributed by atoms with van der Waals surface area (Å²) in [6.07, 6.45) is 4.76. The lowest BCUT2D eigenvalue weighted by Gasteiger charge is -2.33. The minimum atomic E-state index is 0.149. The minimum Gasteiger partial charge on any atom is -0.339 e. The Morgan fingerprint density at radius 2 is 2.33 bits per heavy atom. The van der Waals surface area contributed by atoms with Crippen LogP contribution in [0.4, 0.5) is 0 Å². The molecule has 0 aliphatic carbocycles. The largest absolute Gasteiger partial charge is 0.339 e. The van der Waals surface area contributed by atoms with E-state index >= 15 is 0 Å². The molecule has 5 nitrogen and oxygen atoms in total. The molecule has 18 heavy (non-hydrogen) atoms. The van der Waals surface area contributed by atoms with E-state index in [1.165, 1.54) is 25.8 Å². The number of aromatic nitrogens is 2. The normalized spacial score (nSPS) is 23.2. The van der Waals surface area contributed by atoms with E-state index in [2.05, 4.69) is 27.3 Å². The Balaban J connectivity index is 1.97. The van der Waals surface area contributed by atoms with E-state index in [0.717, 1.165) is 24.7 Å². The monoisotopic (exact) mass is 252 g/mol. The molecule has 1 aliphatic heterocycles. The van der Waals surface area contributed by atoms with Crippen molar-refractivity contribution in [2.45, 2.75) is 51.6 Å². The maximum absolute atomic E-state index is 5.36. The van der Waals surface area contributed by atoms with Gasteiger partial charge < -0.3 is 14.7 Å². The van der Waals surface area contributed by atoms with Gasteiger partial charge >= 0.3 is 0 Å². The third-order valence-corrected chi connectivity index (χ3v) is 3.87. The molecule has 1 N–H and O–H groups in total. The van der Waals surface area contributed by atoms with Crippen LogP contribution in [0.25, 0.3) is 0 Å². The van der Waals surface area contributed by atoms with Crippen molar-refractivity contribution < 1.29 is 4.52 Å². The van der Waals surface area contributed by atoms with Gasteiger partial charge in [0, 0.05) is 12.5 Å². The number of piperidine rings is 1. The van der Waals surface area contributed by atoms with Crippen molar-refractivity contribution in [3.63, 3.8) is 0 Å². The van der Waals surface area contributed by atoms with Gasteiger partial charge in [-0.15, -0.1) is 0 Å². The van der Waals surface area contributed by atoms with Crippen molar-refractivity contribution in [1.29, 1.82) is 0 Å². The zero-order valence-electron chi connectivity index (χ0n) is 11.6. The molecule has 5 heteroatoms. The molecule has 2 unspecified atom stereocenters. The second-order valence-electron chi connectivity index (χ2n) is 5.04. The summed E-state index contributed by atoms with van der Waals surface area (Å²) in [7, 11) is 1.90. The van der Waals surface area contributed by atoms with Gasteiger partial charge in [0.25, 0.3) is 0 Å². The Bertz CT molecular complexity index is 366. The highest BCUT2D eigenvalue weighted by atomic mass is 16.5. The molecule has 0 aromatic carbocycles. The van der Waals surface area contributed by atoms with Crippen LogP contribution >= 0.6 is 0 Å². The number of nitrogens with zero attached hydrogens (tertiary/aromatic N) is 3. The fourth-order valence-corrected chi connectivity index (χ4v) is 2.56. The van der Waals surface area contributed by atoms with Crippen LogP contribution in [0.2, 0.25) is 0 Å². The minimum absolute atomic E-state index is 0.149. The van der Waals surface area contributed by atoms with Crippen LogP contribution in [0.3, 0.4) is 0 Å². The van der Waals surface area contributed by atoms with E-state index in [-0.39, 0.29) is 6.04 Å². The standard InChI is InChI=1S/C13H24N4O/c1-4-17-8-6-5-7-11(17)9-12-15-13(16-18-12)10(2)14-3/h10-11,14H,4-9H2,1-3H3. The molecule has 2 heterocycles. The van der Waals surface area contributed by atoms with Gasteiger partial charge in [0.2, 0.25) is 5.89 Å². The van der Waals surface area contributed by atoms with Crippen LogP contribution < -0.4 is 5.32 Å². The van der Waals surface area contributed by atoms with Gasteiger partial charge in [-0.25, -0.2) is 0 Å². The van der Waals surface area contributed by atoms with Gasteiger partial charge in [0.1, 0.15) is 0 Å². The molecule has 0 bridgehead atoms. The molecule has 1 aromatic rings. The highest BCUT2D eigenvalue weighted by Crippen LogP contribution is 2.20. The van der Waals surface area contributed by atoms with Gasteiger partial charge in [0.15, 0.2) is 5.82 Å². The molecule has 0 amide bonds. The molecule has 1 saturated heterocycles. The molecule has 1 fully saturated rings. The summed E-state index contributed by atoms with van der Waals surface area (Å²) in [5, 5.41) is 7.16. The molecule has 2 atom stereocenters. The Morgan fingerprint density at radius 3 is 3.06 bits per heavy atom. The van der Waals surface area contributed by atoms with Gasteiger partial charge in [-0.2, -0.15) is 4.98 Å². The zero-order valence-corrected chi connectivity index (χ0v) is 11.6. The van der Waals surface area contributed by atoms with Crippen molar-refractivity contribution in [2.24, 2.45) is 0 Å². The fourth-order valence-electron chi connectivity index (χ4n) is 2.56. The molecule has 0 saturated carbocycles. The molecule has 2 rings (SSSR count). The molecular formula is C13H24N4O. The number of likely N-dealkylation sites (tertiary alicyclic amines) is 1. The first kappa shape index (κ1) is 13.5. The van der Waals surface area contributed by atoms with E-state index in [4.69, 9.17) is 4.52 Å². The van der Waals surface area contributed by atoms with Crippen molar-refractivity contribution in [3.05, 3.63) is 11.7 Å². The first-order valence-corrected chi connectivity index (χ1v) is 6.98. The van der Waals surface area contributed by atoms with Crippen LogP contribution in [-0.4, -0.2) is 41.2 Å². The fraction of sp³-hybridized carbons (Fsp3) is 0.846. The van der Waals surface area contributed by atoms with Crippen LogP contribution in [0, 0.1) is 0 Å². The van der Waals surface area contributed by atoms with Crippen molar-refractivity contribution in [2.75, 3.05) is 20.1 Å². The van der Waals surface area contributed by atoms with Crippen LogP contribution in [0.5, 0.6) is 0 Å². The van der Waals surface area contributed by atoms with Crippen LogP contribution in [0.1, 0.15) is 50.9 Å². The van der Waals surface area contributed by atoms with E-state index in [1.807, 2.05) is 14.0 Å². The lowest BCUT2D eigenvalue weighted by atomic mass is 9.99.